The summed E-state index contributed by atoms with van der Waals surface area (Å²) in [6.45, 7) is 2.49. The molecule has 2 aliphatic heterocycles. The molecule has 4 atom stereocenters. The smallest absolute Gasteiger partial charge is 0.303 e. The van der Waals surface area contributed by atoms with Gasteiger partial charge in [-0.3, -0.25) is 9.69 Å². The summed E-state index contributed by atoms with van der Waals surface area (Å²) in [5.41, 5.74) is 3.90. The van der Waals surface area contributed by atoms with Crippen LogP contribution in [-0.2, 0) is 21.4 Å². The second-order valence-electron chi connectivity index (χ2n) is 7.63. The number of piperidine rings is 1. The normalized spacial score (nSPS) is 34.7. The first-order chi connectivity index (χ1) is 12.1. The van der Waals surface area contributed by atoms with Gasteiger partial charge in [0.25, 0.3) is 0 Å². The predicted molar refractivity (Wildman–Crippen MR) is 92.1 cm³/mol. The van der Waals surface area contributed by atoms with Crippen LogP contribution < -0.4 is 9.47 Å². The molecule has 25 heavy (non-hydrogen) atoms. The Bertz CT molecular complexity index is 801. The van der Waals surface area contributed by atoms with E-state index in [1.807, 2.05) is 6.07 Å². The first-order valence-electron chi connectivity index (χ1n) is 9.01. The van der Waals surface area contributed by atoms with Crippen molar-refractivity contribution in [2.75, 3.05) is 20.7 Å². The summed E-state index contributed by atoms with van der Waals surface area (Å²) in [6.07, 6.45) is 4.63. The summed E-state index contributed by atoms with van der Waals surface area (Å²) in [7, 11) is 3.89. The molecule has 2 heterocycles. The van der Waals surface area contributed by atoms with Crippen LogP contribution in [0.4, 0.5) is 0 Å². The number of carbonyl (C=O) groups excluding carboxylic acids is 1. The van der Waals surface area contributed by atoms with Gasteiger partial charge in [-0.25, -0.2) is 0 Å². The van der Waals surface area contributed by atoms with Crippen LogP contribution in [0.3, 0.4) is 0 Å². The molecule has 5 nitrogen and oxygen atoms in total. The van der Waals surface area contributed by atoms with Crippen molar-refractivity contribution >= 4 is 5.97 Å². The van der Waals surface area contributed by atoms with Crippen LogP contribution in [0.15, 0.2) is 23.8 Å². The van der Waals surface area contributed by atoms with Gasteiger partial charge in [-0.2, -0.15) is 0 Å². The Morgan fingerprint density at radius 1 is 1.40 bits per heavy atom. The van der Waals surface area contributed by atoms with Crippen molar-refractivity contribution in [1.29, 1.82) is 0 Å². The molecule has 1 aromatic carbocycles. The van der Waals surface area contributed by atoms with Crippen LogP contribution in [0.5, 0.6) is 11.5 Å². The third kappa shape index (κ3) is 1.79. The van der Waals surface area contributed by atoms with E-state index in [4.69, 9.17) is 14.2 Å². The molecule has 0 radical (unpaired) electrons. The first kappa shape index (κ1) is 15.3. The maximum Gasteiger partial charge on any atom is 0.303 e. The molecule has 1 fully saturated rings. The highest BCUT2D eigenvalue weighted by atomic mass is 16.6. The number of likely N-dealkylation sites (N-methyl/N-ethyl adjacent to an activating group) is 1. The number of benzene rings is 1. The molecule has 1 aromatic rings. The first-order valence-corrected chi connectivity index (χ1v) is 9.01. The maximum absolute atomic E-state index is 11.7. The SMILES string of the molecule is COc1ccc2c3c1O[C@H]1[C@@H](OC(C)=O)CC=C4[C@@H](C2)N(C)CC[C@]431. The molecular weight excluding hydrogens is 318 g/mol. The molecule has 2 bridgehead atoms. The fourth-order valence-corrected chi connectivity index (χ4v) is 5.55. The average Bonchev–Trinajstić information content (AvgIpc) is 2.94. The lowest BCUT2D eigenvalue weighted by Crippen LogP contribution is -2.61. The minimum Gasteiger partial charge on any atom is -0.493 e. The van der Waals surface area contributed by atoms with Crippen LogP contribution in [-0.4, -0.2) is 49.8 Å². The van der Waals surface area contributed by atoms with Crippen LogP contribution in [0.25, 0.3) is 0 Å². The van der Waals surface area contributed by atoms with E-state index >= 15 is 0 Å². The van der Waals surface area contributed by atoms with Gasteiger partial charge in [0.1, 0.15) is 12.2 Å². The van der Waals surface area contributed by atoms with Gasteiger partial charge < -0.3 is 14.2 Å². The van der Waals surface area contributed by atoms with E-state index in [0.29, 0.717) is 6.04 Å². The van der Waals surface area contributed by atoms with E-state index in [2.05, 4.69) is 24.1 Å². The van der Waals surface area contributed by atoms with E-state index in [0.717, 1.165) is 37.3 Å². The maximum atomic E-state index is 11.7. The van der Waals surface area contributed by atoms with Gasteiger partial charge in [-0.05, 0) is 43.6 Å². The zero-order chi connectivity index (χ0) is 17.3. The van der Waals surface area contributed by atoms with Gasteiger partial charge in [0.2, 0.25) is 0 Å². The number of methoxy groups -OCH3 is 1. The number of rotatable bonds is 2. The molecule has 0 unspecified atom stereocenters. The van der Waals surface area contributed by atoms with E-state index in [-0.39, 0.29) is 23.6 Å². The second kappa shape index (κ2) is 5.01. The Kier molecular flexibility index (Phi) is 3.06. The fourth-order valence-electron chi connectivity index (χ4n) is 5.55. The largest absolute Gasteiger partial charge is 0.493 e. The summed E-state index contributed by atoms with van der Waals surface area (Å²) in [5, 5.41) is 0. The van der Waals surface area contributed by atoms with Crippen LogP contribution >= 0.6 is 0 Å². The monoisotopic (exact) mass is 341 g/mol. The molecule has 2 aliphatic carbocycles. The van der Waals surface area contributed by atoms with Gasteiger partial charge in [-0.15, -0.1) is 0 Å². The van der Waals surface area contributed by atoms with E-state index < -0.39 is 0 Å². The molecule has 0 aromatic heterocycles. The van der Waals surface area contributed by atoms with Crippen molar-refractivity contribution in [3.05, 3.63) is 34.9 Å². The van der Waals surface area contributed by atoms with Crippen LogP contribution in [0, 0.1) is 0 Å². The number of esters is 1. The van der Waals surface area contributed by atoms with Crippen molar-refractivity contribution in [3.8, 4) is 11.5 Å². The highest BCUT2D eigenvalue weighted by Crippen LogP contribution is 2.62. The summed E-state index contributed by atoms with van der Waals surface area (Å²) < 4.78 is 17.7. The molecule has 1 spiro atoms. The Balaban J connectivity index is 1.75. The van der Waals surface area contributed by atoms with E-state index in [1.54, 1.807) is 7.11 Å². The Morgan fingerprint density at radius 2 is 2.24 bits per heavy atom. The molecular formula is C20H23NO4. The highest BCUT2D eigenvalue weighted by molar-refractivity contribution is 5.68. The quantitative estimate of drug-likeness (QED) is 0.610. The number of carbonyl (C=O) groups is 1. The number of ether oxygens (including phenoxy) is 3. The van der Waals surface area contributed by atoms with Crippen molar-refractivity contribution in [2.45, 2.75) is 49.9 Å². The number of likely N-dealkylation sites (tertiary alicyclic amines) is 1. The zero-order valence-corrected chi connectivity index (χ0v) is 14.9. The topological polar surface area (TPSA) is 48.0 Å². The minimum atomic E-state index is -0.245. The van der Waals surface area contributed by atoms with Gasteiger partial charge in [0, 0.05) is 24.9 Å². The molecule has 4 aliphatic rings. The van der Waals surface area contributed by atoms with Crippen LogP contribution in [0.2, 0.25) is 0 Å². The predicted octanol–water partition coefficient (Wildman–Crippen LogP) is 2.22. The van der Waals surface area contributed by atoms with E-state index in [9.17, 15) is 4.79 Å². The molecule has 1 saturated heterocycles. The third-order valence-corrected chi connectivity index (χ3v) is 6.51. The second-order valence-corrected chi connectivity index (χ2v) is 7.63. The molecule has 0 amide bonds. The Morgan fingerprint density at radius 3 is 3.00 bits per heavy atom. The number of hydrogen-bond acceptors (Lipinski definition) is 5. The lowest BCUT2D eigenvalue weighted by atomic mass is 9.56. The van der Waals surface area contributed by atoms with E-state index in [1.165, 1.54) is 23.6 Å². The third-order valence-electron chi connectivity index (χ3n) is 6.51. The van der Waals surface area contributed by atoms with Crippen molar-refractivity contribution < 1.29 is 19.0 Å². The zero-order valence-electron chi connectivity index (χ0n) is 14.9. The van der Waals surface area contributed by atoms with Crippen LogP contribution in [0.1, 0.15) is 30.9 Å². The van der Waals surface area contributed by atoms with Gasteiger partial charge in [-0.1, -0.05) is 12.1 Å². The standard InChI is InChI=1S/C20H23NO4/c1-11(22)24-16-7-5-13-14-10-12-4-6-15(23-3)18-17(12)20(13,19(16)25-18)8-9-21(14)2/h4-6,14,16,19H,7-10H2,1-3H3/t14-,16+,19+,20+/m1/s1. The van der Waals surface area contributed by atoms with Gasteiger partial charge in [0.15, 0.2) is 11.5 Å². The summed E-state index contributed by atoms with van der Waals surface area (Å²) >= 11 is 0. The molecule has 5 rings (SSSR count). The molecule has 5 heteroatoms. The molecule has 0 N–H and O–H groups in total. The lowest BCUT2D eigenvalue weighted by molar-refractivity contribution is -0.153. The number of nitrogens with zero attached hydrogens (tertiary/aromatic N) is 1. The summed E-state index contributed by atoms with van der Waals surface area (Å²) in [5.74, 6) is 1.39. The molecule has 132 valence electrons. The summed E-state index contributed by atoms with van der Waals surface area (Å²) in [4.78, 5) is 14.1. The number of hydrogen-bond donors (Lipinski definition) is 0. The Hall–Kier alpha value is -2.01. The van der Waals surface area contributed by atoms with Gasteiger partial charge in [0.05, 0.1) is 12.5 Å². The average molecular weight is 341 g/mol. The lowest BCUT2D eigenvalue weighted by Gasteiger charge is -2.54. The Labute approximate surface area is 147 Å². The minimum absolute atomic E-state index is 0.155. The van der Waals surface area contributed by atoms with Crippen molar-refractivity contribution in [2.24, 2.45) is 0 Å². The van der Waals surface area contributed by atoms with Gasteiger partial charge >= 0.3 is 5.97 Å². The van der Waals surface area contributed by atoms with Crippen molar-refractivity contribution in [3.63, 3.8) is 0 Å². The van der Waals surface area contributed by atoms with Crippen molar-refractivity contribution in [1.82, 2.24) is 4.90 Å². The highest BCUT2D eigenvalue weighted by Gasteiger charge is 2.63. The fraction of sp³-hybridized carbons (Fsp3) is 0.550. The molecule has 0 saturated carbocycles. The summed E-state index contributed by atoms with van der Waals surface area (Å²) in [6, 6.07) is 4.60.